The van der Waals surface area contributed by atoms with Gasteiger partial charge in [0, 0.05) is 18.9 Å². The lowest BCUT2D eigenvalue weighted by molar-refractivity contribution is -0.258. The quantitative estimate of drug-likeness (QED) is 0.634. The Morgan fingerprint density at radius 2 is 2.25 bits per heavy atom. The van der Waals surface area contributed by atoms with Gasteiger partial charge in [-0.1, -0.05) is 25.7 Å². The van der Waals surface area contributed by atoms with Gasteiger partial charge in [0.25, 0.3) is 0 Å². The first-order chi connectivity index (χ1) is 11.5. The largest absolute Gasteiger partial charge is 0.459 e. The van der Waals surface area contributed by atoms with Crippen LogP contribution in [0.4, 0.5) is 0 Å². The maximum Gasteiger partial charge on any atom is 0.306 e. The molecule has 0 aliphatic carbocycles. The molecule has 0 amide bonds. The summed E-state index contributed by atoms with van der Waals surface area (Å²) < 4.78 is 17.0. The zero-order valence-electron chi connectivity index (χ0n) is 14.4. The van der Waals surface area contributed by atoms with Crippen LogP contribution in [0.25, 0.3) is 0 Å². The van der Waals surface area contributed by atoms with E-state index in [1.165, 1.54) is 6.08 Å². The Morgan fingerprint density at radius 3 is 2.88 bits per heavy atom. The third kappa shape index (κ3) is 4.32. The molecule has 0 radical (unpaired) electrons. The van der Waals surface area contributed by atoms with Gasteiger partial charge in [-0.05, 0) is 37.5 Å². The van der Waals surface area contributed by atoms with Crippen molar-refractivity contribution in [3.63, 3.8) is 0 Å². The minimum absolute atomic E-state index is 0.170. The molecule has 0 bridgehead atoms. The lowest BCUT2D eigenvalue weighted by Gasteiger charge is -2.34. The van der Waals surface area contributed by atoms with Crippen LogP contribution in [0.3, 0.4) is 0 Å². The molecule has 0 saturated carbocycles. The first-order valence-electron chi connectivity index (χ1n) is 8.31. The van der Waals surface area contributed by atoms with Crippen LogP contribution >= 0.6 is 0 Å². The second-order valence-corrected chi connectivity index (χ2v) is 6.36. The van der Waals surface area contributed by atoms with Crippen molar-refractivity contribution in [2.75, 3.05) is 6.61 Å². The van der Waals surface area contributed by atoms with Crippen LogP contribution in [-0.4, -0.2) is 35.7 Å². The smallest absolute Gasteiger partial charge is 0.306 e. The molecule has 0 aromatic heterocycles. The van der Waals surface area contributed by atoms with E-state index in [0.717, 1.165) is 12.8 Å². The number of esters is 1. The van der Waals surface area contributed by atoms with Crippen molar-refractivity contribution in [3.8, 4) is 23.7 Å². The second kappa shape index (κ2) is 8.24. The Morgan fingerprint density at radius 1 is 1.46 bits per heavy atom. The highest BCUT2D eigenvalue weighted by Gasteiger charge is 2.56. The molecule has 2 fully saturated rings. The summed E-state index contributed by atoms with van der Waals surface area (Å²) in [6.07, 6.45) is 2.14. The van der Waals surface area contributed by atoms with Gasteiger partial charge in [0.05, 0.1) is 6.61 Å². The van der Waals surface area contributed by atoms with Crippen molar-refractivity contribution in [1.29, 1.82) is 0 Å². The Labute approximate surface area is 143 Å². The maximum absolute atomic E-state index is 12.0. The molecule has 1 spiro atoms. The minimum Gasteiger partial charge on any atom is -0.459 e. The van der Waals surface area contributed by atoms with Crippen LogP contribution in [0.15, 0.2) is 11.8 Å². The van der Waals surface area contributed by atoms with Gasteiger partial charge in [-0.2, -0.15) is 0 Å². The normalized spacial score (nSPS) is 30.3. The number of carbonyl (C=O) groups is 1. The number of hydrogen-bond donors (Lipinski definition) is 1. The standard InChI is InChI=1S/C19H24O5/c1-4-5-6-7-10-15-17(23-16(20)13-14(2)3)18(21)19(24-15)11-8-9-12-22-19/h10,14,17-18,21H,8-9,11-13H2,1-3H3. The number of aliphatic hydroxyl groups excluding tert-OH is 1. The lowest BCUT2D eigenvalue weighted by atomic mass is 9.98. The van der Waals surface area contributed by atoms with Gasteiger partial charge in [-0.15, -0.1) is 0 Å². The van der Waals surface area contributed by atoms with Crippen molar-refractivity contribution < 1.29 is 24.1 Å². The fourth-order valence-electron chi connectivity index (χ4n) is 2.77. The molecule has 5 heteroatoms. The maximum atomic E-state index is 12.0. The fourth-order valence-corrected chi connectivity index (χ4v) is 2.77. The van der Waals surface area contributed by atoms with E-state index in [9.17, 15) is 9.90 Å². The Hall–Kier alpha value is -1.95. The van der Waals surface area contributed by atoms with Crippen molar-refractivity contribution in [2.24, 2.45) is 5.92 Å². The van der Waals surface area contributed by atoms with Crippen LogP contribution in [0, 0.1) is 29.6 Å². The zero-order chi connectivity index (χ0) is 17.6. The van der Waals surface area contributed by atoms with E-state index >= 15 is 0 Å². The Bertz CT molecular complexity index is 605. The molecular formula is C19H24O5. The summed E-state index contributed by atoms with van der Waals surface area (Å²) in [6.45, 7) is 6.06. The third-order valence-electron chi connectivity index (χ3n) is 3.88. The number of allylic oxidation sites excluding steroid dienone is 1. The SMILES string of the molecule is CC#CC#CC=C1OC2(CCCCO2)C(O)C1OC(=O)CC(C)C. The molecule has 5 nitrogen and oxygen atoms in total. The molecule has 0 aromatic rings. The fraction of sp³-hybridized carbons (Fsp3) is 0.632. The third-order valence-corrected chi connectivity index (χ3v) is 3.88. The lowest BCUT2D eigenvalue weighted by Crippen LogP contribution is -2.48. The molecule has 2 rings (SSSR count). The highest BCUT2D eigenvalue weighted by atomic mass is 16.7. The molecular weight excluding hydrogens is 308 g/mol. The number of rotatable bonds is 3. The monoisotopic (exact) mass is 332 g/mol. The topological polar surface area (TPSA) is 65.0 Å². The van der Waals surface area contributed by atoms with E-state index in [2.05, 4.69) is 23.7 Å². The molecule has 2 aliphatic rings. The number of aliphatic hydroxyl groups is 1. The summed E-state index contributed by atoms with van der Waals surface area (Å²) in [5.41, 5.74) is 0. The van der Waals surface area contributed by atoms with Gasteiger partial charge in [0.2, 0.25) is 5.79 Å². The van der Waals surface area contributed by atoms with Crippen LogP contribution in [0.1, 0.15) is 46.5 Å². The van der Waals surface area contributed by atoms with Gasteiger partial charge in [0.1, 0.15) is 0 Å². The summed E-state index contributed by atoms with van der Waals surface area (Å²) >= 11 is 0. The van der Waals surface area contributed by atoms with Crippen molar-refractivity contribution in [1.82, 2.24) is 0 Å². The molecule has 0 aromatic carbocycles. The highest BCUT2D eigenvalue weighted by molar-refractivity contribution is 5.70. The van der Waals surface area contributed by atoms with E-state index in [4.69, 9.17) is 14.2 Å². The molecule has 3 unspecified atom stereocenters. The number of ether oxygens (including phenoxy) is 3. The van der Waals surface area contributed by atoms with Crippen LogP contribution in [-0.2, 0) is 19.0 Å². The predicted octanol–water partition coefficient (Wildman–Crippen LogP) is 2.14. The first kappa shape index (κ1) is 18.4. The summed E-state index contributed by atoms with van der Waals surface area (Å²) in [5.74, 6) is 9.64. The molecule has 24 heavy (non-hydrogen) atoms. The summed E-state index contributed by atoms with van der Waals surface area (Å²) in [6, 6.07) is 0. The van der Waals surface area contributed by atoms with Gasteiger partial charge < -0.3 is 19.3 Å². The van der Waals surface area contributed by atoms with E-state index < -0.39 is 18.0 Å². The highest BCUT2D eigenvalue weighted by Crippen LogP contribution is 2.42. The predicted molar refractivity (Wildman–Crippen MR) is 88.3 cm³/mol. The van der Waals surface area contributed by atoms with Crippen molar-refractivity contribution in [2.45, 2.75) is 64.4 Å². The van der Waals surface area contributed by atoms with Gasteiger partial charge in [0.15, 0.2) is 18.0 Å². The number of carbonyl (C=O) groups excluding carboxylic acids is 1. The molecule has 2 saturated heterocycles. The molecule has 2 heterocycles. The summed E-state index contributed by atoms with van der Waals surface area (Å²) in [7, 11) is 0. The molecule has 1 N–H and O–H groups in total. The zero-order valence-corrected chi connectivity index (χ0v) is 14.4. The average molecular weight is 332 g/mol. The Balaban J connectivity index is 2.22. The van der Waals surface area contributed by atoms with Crippen LogP contribution in [0.2, 0.25) is 0 Å². The van der Waals surface area contributed by atoms with E-state index in [-0.39, 0.29) is 18.3 Å². The first-order valence-corrected chi connectivity index (χ1v) is 8.31. The molecule has 2 aliphatic heterocycles. The van der Waals surface area contributed by atoms with E-state index in [1.54, 1.807) is 6.92 Å². The van der Waals surface area contributed by atoms with Crippen LogP contribution in [0.5, 0.6) is 0 Å². The van der Waals surface area contributed by atoms with Gasteiger partial charge >= 0.3 is 5.97 Å². The van der Waals surface area contributed by atoms with Gasteiger partial charge in [-0.3, -0.25) is 4.79 Å². The van der Waals surface area contributed by atoms with Gasteiger partial charge in [-0.25, -0.2) is 0 Å². The average Bonchev–Trinajstić information content (AvgIpc) is 2.77. The molecule has 3 atom stereocenters. The summed E-state index contributed by atoms with van der Waals surface area (Å²) in [4.78, 5) is 12.0. The van der Waals surface area contributed by atoms with E-state index in [1.807, 2.05) is 13.8 Å². The van der Waals surface area contributed by atoms with E-state index in [0.29, 0.717) is 18.8 Å². The van der Waals surface area contributed by atoms with Crippen LogP contribution < -0.4 is 0 Å². The Kier molecular flexibility index (Phi) is 6.31. The molecule has 130 valence electrons. The van der Waals surface area contributed by atoms with Crippen molar-refractivity contribution in [3.05, 3.63) is 11.8 Å². The van der Waals surface area contributed by atoms with Crippen molar-refractivity contribution >= 4 is 5.97 Å². The minimum atomic E-state index is -1.15. The second-order valence-electron chi connectivity index (χ2n) is 6.36. The number of hydrogen-bond acceptors (Lipinski definition) is 5. The summed E-state index contributed by atoms with van der Waals surface area (Å²) in [5, 5.41) is 10.7.